The fourth-order valence-electron chi connectivity index (χ4n) is 8.77. The molecule has 6 aliphatic rings. The number of nitrogens with zero attached hydrogens (tertiary/aromatic N) is 5. The number of nitrogens with one attached hydrogen (secondary N) is 1. The van der Waals surface area contributed by atoms with Crippen LogP contribution < -0.4 is 10.2 Å². The Bertz CT molecular complexity index is 1900. The molecule has 1 aliphatic carbocycles. The standard InChI is InChI=1S/C37H42N6O6/c1-36(2,3)49-35(48)41-19-23-16-37(17-23,21-41)34(47)40-13-11-25(12-14-40)42-20-22(18-38-42)15-24-7-8-28-31-26(24)5-4-6-27(31)33(46)43(28)29-9-10-30(44)39-32(29)45/h4-8,18,20,23,25,29H,9-17,19,21H2,1-3H3,(H,39,44,45). The number of likely N-dealkylation sites (tertiary alicyclic amines) is 1. The van der Waals surface area contributed by atoms with Crippen LogP contribution in [-0.2, 0) is 25.5 Å². The summed E-state index contributed by atoms with van der Waals surface area (Å²) in [6.07, 6.45) is 8.07. The lowest BCUT2D eigenvalue weighted by molar-refractivity contribution is -0.161. The molecule has 5 aliphatic heterocycles. The highest BCUT2D eigenvalue weighted by Crippen LogP contribution is 2.52. The minimum atomic E-state index is -0.716. The SMILES string of the molecule is CC(C)(C)OC(=O)N1CC2CC(C(=O)N3CCC(n4cc(Cc5ccc6c7c(cccc57)C(=O)N6C5CCC(=O)NC5=O)cn4)CC3)(C2)C1. The summed E-state index contributed by atoms with van der Waals surface area (Å²) in [5, 5.41) is 8.90. The van der Waals surface area contributed by atoms with E-state index in [-0.39, 0.29) is 36.3 Å². The molecule has 12 heteroatoms. The molecular weight excluding hydrogens is 624 g/mol. The number of imide groups is 1. The second-order valence-electron chi connectivity index (χ2n) is 15.6. The molecule has 9 rings (SSSR count). The number of hydrogen-bond donors (Lipinski definition) is 1. The van der Waals surface area contributed by atoms with Gasteiger partial charge in [-0.05, 0) is 87.4 Å². The quantitative estimate of drug-likeness (QED) is 0.404. The van der Waals surface area contributed by atoms with Crippen molar-refractivity contribution in [2.75, 3.05) is 31.1 Å². The smallest absolute Gasteiger partial charge is 0.410 e. The number of fused-ring (bicyclic) bond motifs is 2. The van der Waals surface area contributed by atoms with Crippen LogP contribution in [0.1, 0.15) is 86.8 Å². The van der Waals surface area contributed by atoms with Gasteiger partial charge in [-0.3, -0.25) is 34.1 Å². The van der Waals surface area contributed by atoms with Crippen LogP contribution in [-0.4, -0.2) is 87.1 Å². The Balaban J connectivity index is 0.925. The van der Waals surface area contributed by atoms with Gasteiger partial charge in [0.05, 0.1) is 23.3 Å². The fraction of sp³-hybridized carbons (Fsp3) is 0.514. The van der Waals surface area contributed by atoms with E-state index in [9.17, 15) is 24.0 Å². The van der Waals surface area contributed by atoms with E-state index < -0.39 is 23.0 Å². The van der Waals surface area contributed by atoms with Gasteiger partial charge in [0.15, 0.2) is 0 Å². The van der Waals surface area contributed by atoms with Crippen molar-refractivity contribution in [3.63, 3.8) is 0 Å². The number of rotatable bonds is 5. The first-order valence-corrected chi connectivity index (χ1v) is 17.4. The van der Waals surface area contributed by atoms with Gasteiger partial charge in [0.1, 0.15) is 11.6 Å². The van der Waals surface area contributed by atoms with Crippen LogP contribution in [0.3, 0.4) is 0 Å². The van der Waals surface area contributed by atoms with Crippen LogP contribution in [0.4, 0.5) is 10.5 Å². The van der Waals surface area contributed by atoms with Crippen molar-refractivity contribution in [3.05, 3.63) is 59.4 Å². The van der Waals surface area contributed by atoms with Gasteiger partial charge in [-0.25, -0.2) is 4.79 Å². The largest absolute Gasteiger partial charge is 0.444 e. The molecule has 256 valence electrons. The average Bonchev–Trinajstić information content (AvgIpc) is 3.64. The van der Waals surface area contributed by atoms with E-state index in [0.717, 1.165) is 47.6 Å². The van der Waals surface area contributed by atoms with Crippen LogP contribution in [0.5, 0.6) is 0 Å². The number of anilines is 1. The fourth-order valence-corrected chi connectivity index (χ4v) is 8.77. The lowest BCUT2D eigenvalue weighted by Gasteiger charge is -2.56. The second kappa shape index (κ2) is 11.4. The summed E-state index contributed by atoms with van der Waals surface area (Å²) in [7, 11) is 0. The van der Waals surface area contributed by atoms with Gasteiger partial charge in [-0.1, -0.05) is 18.2 Å². The van der Waals surface area contributed by atoms with Crippen LogP contribution >= 0.6 is 0 Å². The molecule has 49 heavy (non-hydrogen) atoms. The van der Waals surface area contributed by atoms with E-state index in [4.69, 9.17) is 9.84 Å². The topological polar surface area (TPSA) is 134 Å². The van der Waals surface area contributed by atoms with Crippen LogP contribution in [0.2, 0.25) is 0 Å². The van der Waals surface area contributed by atoms with Gasteiger partial charge in [0.25, 0.3) is 5.91 Å². The molecule has 1 unspecified atom stereocenters. The highest BCUT2D eigenvalue weighted by molar-refractivity contribution is 6.27. The van der Waals surface area contributed by atoms with Gasteiger partial charge in [0, 0.05) is 56.2 Å². The summed E-state index contributed by atoms with van der Waals surface area (Å²) >= 11 is 0. The van der Waals surface area contributed by atoms with Crippen molar-refractivity contribution in [2.24, 2.45) is 11.3 Å². The predicted molar refractivity (Wildman–Crippen MR) is 180 cm³/mol. The van der Waals surface area contributed by atoms with Gasteiger partial charge < -0.3 is 14.5 Å². The molecule has 4 saturated heterocycles. The van der Waals surface area contributed by atoms with Crippen molar-refractivity contribution in [2.45, 2.75) is 83.4 Å². The molecule has 1 saturated carbocycles. The van der Waals surface area contributed by atoms with E-state index in [1.54, 1.807) is 15.9 Å². The summed E-state index contributed by atoms with van der Waals surface area (Å²) in [4.78, 5) is 69.8. The van der Waals surface area contributed by atoms with Gasteiger partial charge in [-0.15, -0.1) is 0 Å². The van der Waals surface area contributed by atoms with Crippen LogP contribution in [0, 0.1) is 11.3 Å². The van der Waals surface area contributed by atoms with Gasteiger partial charge in [-0.2, -0.15) is 5.10 Å². The summed E-state index contributed by atoms with van der Waals surface area (Å²) in [5.41, 5.74) is 2.32. The Morgan fingerprint density at radius 3 is 2.53 bits per heavy atom. The minimum absolute atomic E-state index is 0.165. The summed E-state index contributed by atoms with van der Waals surface area (Å²) < 4.78 is 7.63. The van der Waals surface area contributed by atoms with Crippen LogP contribution in [0.25, 0.3) is 10.8 Å². The number of piperidine rings is 4. The lowest BCUT2D eigenvalue weighted by Crippen LogP contribution is -2.64. The number of hydrogen-bond acceptors (Lipinski definition) is 7. The number of aromatic nitrogens is 2. The maximum Gasteiger partial charge on any atom is 0.410 e. The van der Waals surface area contributed by atoms with E-state index in [1.807, 2.05) is 60.8 Å². The predicted octanol–water partition coefficient (Wildman–Crippen LogP) is 4.20. The monoisotopic (exact) mass is 666 g/mol. The first-order valence-electron chi connectivity index (χ1n) is 17.4. The van der Waals surface area contributed by atoms with Crippen molar-refractivity contribution >= 4 is 46.2 Å². The van der Waals surface area contributed by atoms with E-state index in [1.165, 1.54) is 0 Å². The molecule has 12 nitrogen and oxygen atoms in total. The second-order valence-corrected chi connectivity index (χ2v) is 15.6. The number of ether oxygens (including phenoxy) is 1. The molecule has 0 spiro atoms. The van der Waals surface area contributed by atoms with Crippen molar-refractivity contribution < 1.29 is 28.7 Å². The number of benzene rings is 2. The minimum Gasteiger partial charge on any atom is -0.444 e. The normalized spacial score (nSPS) is 25.4. The molecule has 0 radical (unpaired) electrons. The Labute approximate surface area is 284 Å². The third-order valence-corrected chi connectivity index (χ3v) is 11.0. The Morgan fingerprint density at radius 1 is 1.02 bits per heavy atom. The van der Waals surface area contributed by atoms with Crippen molar-refractivity contribution in [1.82, 2.24) is 24.9 Å². The Kier molecular flexibility index (Phi) is 7.35. The highest BCUT2D eigenvalue weighted by Gasteiger charge is 2.57. The Morgan fingerprint density at radius 2 is 1.80 bits per heavy atom. The maximum atomic E-state index is 13.8. The number of amides is 5. The van der Waals surface area contributed by atoms with Gasteiger partial charge >= 0.3 is 6.09 Å². The average molecular weight is 667 g/mol. The molecule has 1 N–H and O–H groups in total. The van der Waals surface area contributed by atoms with Crippen LogP contribution in [0.15, 0.2) is 42.7 Å². The zero-order chi connectivity index (χ0) is 34.2. The Hall–Kier alpha value is -4.74. The van der Waals surface area contributed by atoms with E-state index in [0.29, 0.717) is 56.2 Å². The number of carbonyl (C=O) groups is 5. The molecule has 1 atom stereocenters. The molecule has 5 fully saturated rings. The molecule has 2 aromatic carbocycles. The molecular formula is C37H42N6O6. The van der Waals surface area contributed by atoms with E-state index in [2.05, 4.69) is 11.5 Å². The summed E-state index contributed by atoms with van der Waals surface area (Å²) in [5.74, 6) is -0.446. The van der Waals surface area contributed by atoms with Gasteiger partial charge in [0.2, 0.25) is 17.7 Å². The molecule has 2 bridgehead atoms. The zero-order valence-corrected chi connectivity index (χ0v) is 28.2. The third kappa shape index (κ3) is 5.45. The van der Waals surface area contributed by atoms with Crippen molar-refractivity contribution in [1.29, 1.82) is 0 Å². The third-order valence-electron chi connectivity index (χ3n) is 11.0. The highest BCUT2D eigenvalue weighted by atomic mass is 16.6. The summed E-state index contributed by atoms with van der Waals surface area (Å²) in [6.45, 7) is 7.99. The summed E-state index contributed by atoms with van der Waals surface area (Å²) in [6, 6.07) is 9.08. The maximum absolute atomic E-state index is 13.8. The first-order chi connectivity index (χ1) is 23.4. The molecule has 5 amide bonds. The molecule has 3 aromatic rings. The van der Waals surface area contributed by atoms with E-state index >= 15 is 0 Å². The number of carbonyl (C=O) groups excluding carboxylic acids is 5. The van der Waals surface area contributed by atoms with Crippen molar-refractivity contribution in [3.8, 4) is 0 Å². The lowest BCUT2D eigenvalue weighted by atomic mass is 9.58. The zero-order valence-electron chi connectivity index (χ0n) is 28.2. The molecule has 6 heterocycles. The molecule has 1 aromatic heterocycles. The first kappa shape index (κ1) is 31.5.